The van der Waals surface area contributed by atoms with E-state index in [9.17, 15) is 14.0 Å². The molecule has 0 N–H and O–H groups in total. The lowest BCUT2D eigenvalue weighted by Crippen LogP contribution is -2.30. The van der Waals surface area contributed by atoms with Crippen LogP contribution < -0.4 is 4.90 Å². The predicted molar refractivity (Wildman–Crippen MR) is 58.9 cm³/mol. The van der Waals surface area contributed by atoms with Gasteiger partial charge in [-0.1, -0.05) is 0 Å². The van der Waals surface area contributed by atoms with Crippen molar-refractivity contribution in [2.24, 2.45) is 5.92 Å². The molecule has 90 valence electrons. The third kappa shape index (κ3) is 2.13. The topological polar surface area (TPSA) is 46.6 Å². The van der Waals surface area contributed by atoms with E-state index >= 15 is 0 Å². The van der Waals surface area contributed by atoms with E-state index in [1.807, 2.05) is 0 Å². The first-order valence-corrected chi connectivity index (χ1v) is 5.28. The number of methoxy groups -OCH3 is 1. The second-order valence-corrected chi connectivity index (χ2v) is 3.83. The molecule has 1 atom stereocenters. The molecule has 0 radical (unpaired) electrons. The fraction of sp³-hybridized carbons (Fsp3) is 0.333. The van der Waals surface area contributed by atoms with Crippen molar-refractivity contribution in [3.63, 3.8) is 0 Å². The summed E-state index contributed by atoms with van der Waals surface area (Å²) in [5.41, 5.74) is 0.600. The largest absolute Gasteiger partial charge is 0.468 e. The van der Waals surface area contributed by atoms with Gasteiger partial charge in [-0.05, 0) is 30.7 Å². The third-order valence-electron chi connectivity index (χ3n) is 2.83. The highest BCUT2D eigenvalue weighted by Crippen LogP contribution is 2.25. The molecular formula is C12H12FNO3. The number of anilines is 1. The van der Waals surface area contributed by atoms with Crippen LogP contribution in [0.3, 0.4) is 0 Å². The maximum absolute atomic E-state index is 12.8. The average Bonchev–Trinajstić information content (AvgIpc) is 2.71. The van der Waals surface area contributed by atoms with Crippen molar-refractivity contribution in [1.82, 2.24) is 0 Å². The molecule has 0 aromatic heterocycles. The van der Waals surface area contributed by atoms with E-state index in [-0.39, 0.29) is 11.7 Å². The van der Waals surface area contributed by atoms with Gasteiger partial charge in [-0.3, -0.25) is 9.59 Å². The molecule has 0 bridgehead atoms. The highest BCUT2D eigenvalue weighted by molar-refractivity contribution is 6.08. The fourth-order valence-electron chi connectivity index (χ4n) is 1.92. The van der Waals surface area contributed by atoms with E-state index in [0.29, 0.717) is 18.7 Å². The summed E-state index contributed by atoms with van der Waals surface area (Å²) in [5, 5.41) is 0. The lowest BCUT2D eigenvalue weighted by atomic mass is 10.1. The van der Waals surface area contributed by atoms with E-state index < -0.39 is 11.9 Å². The van der Waals surface area contributed by atoms with Crippen molar-refractivity contribution < 1.29 is 18.7 Å². The molecule has 17 heavy (non-hydrogen) atoms. The number of benzene rings is 1. The van der Waals surface area contributed by atoms with Crippen molar-refractivity contribution in [2.75, 3.05) is 18.6 Å². The Hall–Kier alpha value is -1.91. The summed E-state index contributed by atoms with van der Waals surface area (Å²) in [6.07, 6.45) is 0.433. The quantitative estimate of drug-likeness (QED) is 0.576. The Bertz CT molecular complexity index is 444. The SMILES string of the molecule is COC(=O)[C@@H]1CCN(c2ccc(F)cc2)C1=O. The van der Waals surface area contributed by atoms with Gasteiger partial charge in [0.25, 0.3) is 0 Å². The monoisotopic (exact) mass is 237 g/mol. The fourth-order valence-corrected chi connectivity index (χ4v) is 1.92. The molecule has 5 heteroatoms. The zero-order valence-corrected chi connectivity index (χ0v) is 9.35. The van der Waals surface area contributed by atoms with Crippen molar-refractivity contribution in [3.05, 3.63) is 30.1 Å². The van der Waals surface area contributed by atoms with E-state index in [1.54, 1.807) is 0 Å². The first-order valence-electron chi connectivity index (χ1n) is 5.28. The van der Waals surface area contributed by atoms with E-state index in [0.717, 1.165) is 0 Å². The molecule has 0 spiro atoms. The molecule has 1 aliphatic heterocycles. The summed E-state index contributed by atoms with van der Waals surface area (Å²) < 4.78 is 17.3. The summed E-state index contributed by atoms with van der Waals surface area (Å²) in [6, 6.07) is 5.61. The second-order valence-electron chi connectivity index (χ2n) is 3.83. The molecule has 2 rings (SSSR count). The second kappa shape index (κ2) is 4.53. The van der Waals surface area contributed by atoms with Gasteiger partial charge < -0.3 is 9.64 Å². The molecule has 1 amide bonds. The van der Waals surface area contributed by atoms with Crippen molar-refractivity contribution in [1.29, 1.82) is 0 Å². The predicted octanol–water partition coefficient (Wildman–Crippen LogP) is 1.35. The minimum absolute atomic E-state index is 0.288. The van der Waals surface area contributed by atoms with Gasteiger partial charge in [0.2, 0.25) is 5.91 Å². The van der Waals surface area contributed by atoms with Crippen LogP contribution in [0.4, 0.5) is 10.1 Å². The zero-order valence-electron chi connectivity index (χ0n) is 9.35. The number of hydrogen-bond donors (Lipinski definition) is 0. The van der Waals surface area contributed by atoms with Crippen molar-refractivity contribution in [2.45, 2.75) is 6.42 Å². The lowest BCUT2D eigenvalue weighted by Gasteiger charge is -2.16. The van der Waals surface area contributed by atoms with E-state index in [1.165, 1.54) is 36.3 Å². The van der Waals surface area contributed by atoms with Crippen molar-refractivity contribution >= 4 is 17.6 Å². The van der Waals surface area contributed by atoms with Gasteiger partial charge in [0.1, 0.15) is 11.7 Å². The Kier molecular flexibility index (Phi) is 3.08. The summed E-state index contributed by atoms with van der Waals surface area (Å²) in [4.78, 5) is 24.7. The molecular weight excluding hydrogens is 225 g/mol. The number of amides is 1. The van der Waals surface area contributed by atoms with Gasteiger partial charge in [0.05, 0.1) is 7.11 Å². The van der Waals surface area contributed by atoms with Gasteiger partial charge in [-0.15, -0.1) is 0 Å². The Morgan fingerprint density at radius 2 is 2.06 bits per heavy atom. The highest BCUT2D eigenvalue weighted by atomic mass is 19.1. The number of ether oxygens (including phenoxy) is 1. The molecule has 4 nitrogen and oxygen atoms in total. The molecule has 1 aromatic rings. The molecule has 0 unspecified atom stereocenters. The Morgan fingerprint density at radius 3 is 2.65 bits per heavy atom. The molecule has 0 aliphatic carbocycles. The maximum Gasteiger partial charge on any atom is 0.318 e. The van der Waals surface area contributed by atoms with Crippen LogP contribution in [0.2, 0.25) is 0 Å². The minimum atomic E-state index is -0.731. The molecule has 0 saturated carbocycles. The number of rotatable bonds is 2. The number of nitrogens with zero attached hydrogens (tertiary/aromatic N) is 1. The number of carbonyl (C=O) groups is 2. The normalized spacial score (nSPS) is 19.5. The minimum Gasteiger partial charge on any atom is -0.468 e. The van der Waals surface area contributed by atoms with Crippen LogP contribution in [0.1, 0.15) is 6.42 Å². The summed E-state index contributed by atoms with van der Waals surface area (Å²) in [7, 11) is 1.26. The molecule has 1 fully saturated rings. The first-order chi connectivity index (χ1) is 8.13. The number of esters is 1. The van der Waals surface area contributed by atoms with E-state index in [4.69, 9.17) is 0 Å². The van der Waals surface area contributed by atoms with Crippen LogP contribution in [-0.2, 0) is 14.3 Å². The van der Waals surface area contributed by atoms with Gasteiger partial charge in [-0.2, -0.15) is 0 Å². The Morgan fingerprint density at radius 1 is 1.41 bits per heavy atom. The highest BCUT2D eigenvalue weighted by Gasteiger charge is 2.38. The average molecular weight is 237 g/mol. The van der Waals surface area contributed by atoms with Gasteiger partial charge >= 0.3 is 5.97 Å². The molecule has 1 aliphatic rings. The smallest absolute Gasteiger partial charge is 0.318 e. The molecule has 1 heterocycles. The first kappa shape index (κ1) is 11.6. The van der Waals surface area contributed by atoms with Gasteiger partial charge in [0, 0.05) is 12.2 Å². The third-order valence-corrected chi connectivity index (χ3v) is 2.83. The van der Waals surface area contributed by atoms with Gasteiger partial charge in [0.15, 0.2) is 0 Å². The summed E-state index contributed by atoms with van der Waals surface area (Å²) >= 11 is 0. The van der Waals surface area contributed by atoms with Crippen LogP contribution in [0.5, 0.6) is 0 Å². The standard InChI is InChI=1S/C12H12FNO3/c1-17-12(16)10-6-7-14(11(10)15)9-4-2-8(13)3-5-9/h2-5,10H,6-7H2,1H3/t10-/m1/s1. The number of halogens is 1. The Labute approximate surface area is 98.0 Å². The number of hydrogen-bond acceptors (Lipinski definition) is 3. The van der Waals surface area contributed by atoms with Crippen LogP contribution in [0, 0.1) is 11.7 Å². The lowest BCUT2D eigenvalue weighted by molar-refractivity contribution is -0.148. The van der Waals surface area contributed by atoms with Crippen LogP contribution in [-0.4, -0.2) is 25.5 Å². The van der Waals surface area contributed by atoms with Gasteiger partial charge in [-0.25, -0.2) is 4.39 Å². The van der Waals surface area contributed by atoms with Crippen LogP contribution in [0.15, 0.2) is 24.3 Å². The zero-order chi connectivity index (χ0) is 12.4. The van der Waals surface area contributed by atoms with Crippen molar-refractivity contribution in [3.8, 4) is 0 Å². The maximum atomic E-state index is 12.8. The van der Waals surface area contributed by atoms with E-state index in [2.05, 4.69) is 4.74 Å². The Balaban J connectivity index is 2.17. The summed E-state index contributed by atoms with van der Waals surface area (Å²) in [5.74, 6) is -1.89. The van der Waals surface area contributed by atoms with Crippen LogP contribution in [0.25, 0.3) is 0 Å². The molecule has 1 saturated heterocycles. The van der Waals surface area contributed by atoms with Crippen LogP contribution >= 0.6 is 0 Å². The summed E-state index contributed by atoms with van der Waals surface area (Å²) in [6.45, 7) is 0.449. The number of carbonyl (C=O) groups excluding carboxylic acids is 2. The molecule has 1 aromatic carbocycles.